The Bertz CT molecular complexity index is 562. The predicted octanol–water partition coefficient (Wildman–Crippen LogP) is 2.19. The normalized spacial score (nSPS) is 16.3. The molecule has 0 saturated heterocycles. The summed E-state index contributed by atoms with van der Waals surface area (Å²) in [4.78, 5) is 2.39. The smallest absolute Gasteiger partial charge is 0.0589 e. The molecule has 4 heteroatoms. The minimum Gasteiger partial charge on any atom is -0.395 e. The lowest BCUT2D eigenvalue weighted by atomic mass is 10.1. The van der Waals surface area contributed by atoms with Gasteiger partial charge in [-0.2, -0.15) is 5.10 Å². The quantitative estimate of drug-likeness (QED) is 0.848. The summed E-state index contributed by atoms with van der Waals surface area (Å²) in [5.74, 6) is 0.649. The fourth-order valence-electron chi connectivity index (χ4n) is 2.94. The summed E-state index contributed by atoms with van der Waals surface area (Å²) in [7, 11) is 1.94. The number of aryl methyl sites for hydroxylation is 1. The van der Waals surface area contributed by atoms with E-state index in [-0.39, 0.29) is 12.6 Å². The third-order valence-corrected chi connectivity index (χ3v) is 4.19. The monoisotopic (exact) mass is 285 g/mol. The Hall–Kier alpha value is -1.65. The summed E-state index contributed by atoms with van der Waals surface area (Å²) in [6.45, 7) is 1.94. The first kappa shape index (κ1) is 14.3. The highest BCUT2D eigenvalue weighted by Gasteiger charge is 2.34. The minimum atomic E-state index is 0.234. The van der Waals surface area contributed by atoms with Gasteiger partial charge >= 0.3 is 0 Å². The first-order chi connectivity index (χ1) is 10.3. The highest BCUT2D eigenvalue weighted by molar-refractivity contribution is 5.15. The van der Waals surface area contributed by atoms with Gasteiger partial charge in [0, 0.05) is 37.9 Å². The average Bonchev–Trinajstić information content (AvgIpc) is 3.24. The molecule has 1 heterocycles. The Morgan fingerprint density at radius 3 is 2.52 bits per heavy atom. The molecule has 0 spiro atoms. The van der Waals surface area contributed by atoms with Crippen LogP contribution in [0.1, 0.15) is 24.0 Å². The summed E-state index contributed by atoms with van der Waals surface area (Å²) in [5, 5.41) is 14.1. The Morgan fingerprint density at radius 2 is 1.95 bits per heavy atom. The van der Waals surface area contributed by atoms with E-state index in [0.29, 0.717) is 5.92 Å². The van der Waals surface area contributed by atoms with Crippen molar-refractivity contribution < 1.29 is 5.11 Å². The van der Waals surface area contributed by atoms with E-state index in [4.69, 9.17) is 0 Å². The molecule has 0 aliphatic heterocycles. The van der Waals surface area contributed by atoms with Crippen LogP contribution in [0.2, 0.25) is 0 Å². The predicted molar refractivity (Wildman–Crippen MR) is 82.5 cm³/mol. The van der Waals surface area contributed by atoms with Crippen molar-refractivity contribution in [3.63, 3.8) is 0 Å². The summed E-state index contributed by atoms with van der Waals surface area (Å²) < 4.78 is 1.83. The van der Waals surface area contributed by atoms with Crippen LogP contribution >= 0.6 is 0 Å². The molecule has 21 heavy (non-hydrogen) atoms. The number of hydrogen-bond acceptors (Lipinski definition) is 3. The van der Waals surface area contributed by atoms with E-state index in [1.165, 1.54) is 24.0 Å². The van der Waals surface area contributed by atoms with Gasteiger partial charge in [0.05, 0.1) is 12.8 Å². The second-order valence-electron chi connectivity index (χ2n) is 6.00. The van der Waals surface area contributed by atoms with Crippen molar-refractivity contribution >= 4 is 0 Å². The molecule has 1 unspecified atom stereocenters. The molecular weight excluding hydrogens is 262 g/mol. The fraction of sp³-hybridized carbons (Fsp3) is 0.471. The first-order valence-corrected chi connectivity index (χ1v) is 7.62. The first-order valence-electron chi connectivity index (χ1n) is 7.62. The second-order valence-corrected chi connectivity index (χ2v) is 6.00. The summed E-state index contributed by atoms with van der Waals surface area (Å²) in [6, 6.07) is 10.7. The van der Waals surface area contributed by atoms with E-state index in [9.17, 15) is 5.11 Å². The lowest BCUT2D eigenvalue weighted by molar-refractivity contribution is 0.0945. The van der Waals surface area contributed by atoms with E-state index in [1.54, 1.807) is 0 Å². The molecule has 112 valence electrons. The Labute approximate surface area is 126 Å². The van der Waals surface area contributed by atoms with E-state index in [0.717, 1.165) is 13.1 Å². The lowest BCUT2D eigenvalue weighted by Gasteiger charge is -2.30. The molecule has 1 N–H and O–H groups in total. The van der Waals surface area contributed by atoms with Crippen LogP contribution in [0.4, 0.5) is 0 Å². The van der Waals surface area contributed by atoms with Crippen molar-refractivity contribution in [2.24, 2.45) is 13.0 Å². The molecule has 0 radical (unpaired) electrons. The van der Waals surface area contributed by atoms with Crippen LogP contribution in [0, 0.1) is 5.92 Å². The second kappa shape index (κ2) is 6.41. The largest absolute Gasteiger partial charge is 0.395 e. The van der Waals surface area contributed by atoms with Gasteiger partial charge in [-0.3, -0.25) is 9.58 Å². The van der Waals surface area contributed by atoms with E-state index < -0.39 is 0 Å². The van der Waals surface area contributed by atoms with Gasteiger partial charge in [0.1, 0.15) is 0 Å². The molecular formula is C17H23N3O. The number of aliphatic hydroxyl groups is 1. The van der Waals surface area contributed by atoms with Crippen LogP contribution in [0.3, 0.4) is 0 Å². The van der Waals surface area contributed by atoms with Gasteiger partial charge in [0.2, 0.25) is 0 Å². The molecule has 1 aromatic carbocycles. The maximum absolute atomic E-state index is 9.81. The SMILES string of the molecule is Cn1cc(CN(Cc2ccccc2)C(CO)C2CC2)cn1. The molecule has 1 atom stereocenters. The fourth-order valence-corrected chi connectivity index (χ4v) is 2.94. The lowest BCUT2D eigenvalue weighted by Crippen LogP contribution is -2.38. The van der Waals surface area contributed by atoms with Gasteiger partial charge in [0.15, 0.2) is 0 Å². The summed E-state index contributed by atoms with van der Waals surface area (Å²) in [6.07, 6.45) is 6.45. The van der Waals surface area contributed by atoms with Crippen LogP contribution < -0.4 is 0 Å². The highest BCUT2D eigenvalue weighted by Crippen LogP contribution is 2.36. The molecule has 1 aliphatic rings. The zero-order valence-corrected chi connectivity index (χ0v) is 12.5. The van der Waals surface area contributed by atoms with Crippen LogP contribution in [0.15, 0.2) is 42.7 Å². The van der Waals surface area contributed by atoms with Crippen molar-refractivity contribution in [1.82, 2.24) is 14.7 Å². The van der Waals surface area contributed by atoms with Gasteiger partial charge in [-0.25, -0.2) is 0 Å². The third kappa shape index (κ3) is 3.71. The third-order valence-electron chi connectivity index (χ3n) is 4.19. The topological polar surface area (TPSA) is 41.3 Å². The van der Waals surface area contributed by atoms with E-state index in [1.807, 2.05) is 24.0 Å². The van der Waals surface area contributed by atoms with Crippen LogP contribution in [-0.2, 0) is 20.1 Å². The zero-order valence-electron chi connectivity index (χ0n) is 12.5. The van der Waals surface area contributed by atoms with Crippen molar-refractivity contribution in [3.8, 4) is 0 Å². The van der Waals surface area contributed by atoms with Crippen molar-refractivity contribution in [2.75, 3.05) is 6.61 Å². The number of benzene rings is 1. The molecule has 1 aromatic heterocycles. The molecule has 0 amide bonds. The number of aliphatic hydroxyl groups excluding tert-OH is 1. The molecule has 1 aliphatic carbocycles. The van der Waals surface area contributed by atoms with Crippen molar-refractivity contribution in [2.45, 2.75) is 32.0 Å². The Morgan fingerprint density at radius 1 is 1.24 bits per heavy atom. The highest BCUT2D eigenvalue weighted by atomic mass is 16.3. The zero-order chi connectivity index (χ0) is 14.7. The van der Waals surface area contributed by atoms with Crippen LogP contribution in [-0.4, -0.2) is 32.4 Å². The van der Waals surface area contributed by atoms with Crippen molar-refractivity contribution in [3.05, 3.63) is 53.9 Å². The summed E-state index contributed by atoms with van der Waals surface area (Å²) in [5.41, 5.74) is 2.49. The van der Waals surface area contributed by atoms with Gasteiger partial charge in [-0.05, 0) is 24.3 Å². The maximum Gasteiger partial charge on any atom is 0.0589 e. The average molecular weight is 285 g/mol. The maximum atomic E-state index is 9.81. The van der Waals surface area contributed by atoms with Gasteiger partial charge in [-0.1, -0.05) is 30.3 Å². The molecule has 2 aromatic rings. The van der Waals surface area contributed by atoms with Gasteiger partial charge in [0.25, 0.3) is 0 Å². The number of aromatic nitrogens is 2. The Kier molecular flexibility index (Phi) is 4.36. The molecule has 4 nitrogen and oxygen atoms in total. The molecule has 1 saturated carbocycles. The number of nitrogens with zero attached hydrogens (tertiary/aromatic N) is 3. The van der Waals surface area contributed by atoms with E-state index >= 15 is 0 Å². The summed E-state index contributed by atoms with van der Waals surface area (Å²) >= 11 is 0. The number of hydrogen-bond donors (Lipinski definition) is 1. The van der Waals surface area contributed by atoms with Crippen LogP contribution in [0.5, 0.6) is 0 Å². The van der Waals surface area contributed by atoms with E-state index in [2.05, 4.69) is 40.5 Å². The molecule has 3 rings (SSSR count). The molecule has 0 bridgehead atoms. The standard InChI is InChI=1S/C17H23N3O/c1-19-10-15(9-18-19)12-20(17(13-21)16-7-8-16)11-14-5-3-2-4-6-14/h2-6,9-10,16-17,21H,7-8,11-13H2,1H3. The van der Waals surface area contributed by atoms with Gasteiger partial charge < -0.3 is 5.11 Å². The Balaban J connectivity index is 1.76. The van der Waals surface area contributed by atoms with Crippen molar-refractivity contribution in [1.29, 1.82) is 0 Å². The minimum absolute atomic E-state index is 0.234. The molecule has 1 fully saturated rings. The van der Waals surface area contributed by atoms with Gasteiger partial charge in [-0.15, -0.1) is 0 Å². The number of rotatable bonds is 7. The van der Waals surface area contributed by atoms with Crippen LogP contribution in [0.25, 0.3) is 0 Å².